The van der Waals surface area contributed by atoms with Gasteiger partial charge >= 0.3 is 0 Å². The Hall–Kier alpha value is -1.28. The fourth-order valence-corrected chi connectivity index (χ4v) is 3.31. The van der Waals surface area contributed by atoms with Crippen LogP contribution in [0, 0.1) is 0 Å². The van der Waals surface area contributed by atoms with Gasteiger partial charge in [-0.2, -0.15) is 0 Å². The largest absolute Gasteiger partial charge is 0.497 e. The van der Waals surface area contributed by atoms with Gasteiger partial charge in [0, 0.05) is 18.5 Å². The average Bonchev–Trinajstić information content (AvgIpc) is 2.84. The molecule has 0 N–H and O–H groups in total. The molecule has 2 nitrogen and oxygen atoms in total. The summed E-state index contributed by atoms with van der Waals surface area (Å²) >= 11 is 0. The highest BCUT2D eigenvalue weighted by molar-refractivity contribution is 5.35. The normalized spacial score (nSPS) is 23.5. The van der Waals surface area contributed by atoms with Crippen molar-refractivity contribution in [3.63, 3.8) is 0 Å². The van der Waals surface area contributed by atoms with Gasteiger partial charge in [-0.05, 0) is 37.1 Å². The molecule has 2 heteroatoms. The van der Waals surface area contributed by atoms with E-state index in [4.69, 9.17) is 4.74 Å². The van der Waals surface area contributed by atoms with Crippen molar-refractivity contribution in [1.82, 2.24) is 4.90 Å². The Morgan fingerprint density at radius 2 is 2.32 bits per heavy atom. The molecule has 0 amide bonds. The van der Waals surface area contributed by atoms with Crippen LogP contribution in [0.5, 0.6) is 5.75 Å². The zero-order valence-corrected chi connectivity index (χ0v) is 12.2. The minimum absolute atomic E-state index is 0.298. The number of benzene rings is 1. The molecule has 0 saturated carbocycles. The zero-order chi connectivity index (χ0) is 13.7. The summed E-state index contributed by atoms with van der Waals surface area (Å²) in [7, 11) is 1.74. The second-order valence-corrected chi connectivity index (χ2v) is 5.54. The number of methoxy groups -OCH3 is 1. The van der Waals surface area contributed by atoms with Gasteiger partial charge in [-0.15, -0.1) is 6.58 Å². The SMILES string of the molecule is C=CCN1CC[C@](CCC)(c2cccc(OC)c2)C1. The second-order valence-electron chi connectivity index (χ2n) is 5.54. The van der Waals surface area contributed by atoms with Gasteiger partial charge in [-0.1, -0.05) is 31.6 Å². The van der Waals surface area contributed by atoms with Gasteiger partial charge in [0.2, 0.25) is 0 Å². The summed E-state index contributed by atoms with van der Waals surface area (Å²) in [4.78, 5) is 2.50. The molecule has 19 heavy (non-hydrogen) atoms. The third kappa shape index (κ3) is 3.01. The highest BCUT2D eigenvalue weighted by Gasteiger charge is 2.38. The Kier molecular flexibility index (Phi) is 4.65. The van der Waals surface area contributed by atoms with Crippen LogP contribution in [0.2, 0.25) is 0 Å². The number of likely N-dealkylation sites (tertiary alicyclic amines) is 1. The molecule has 1 heterocycles. The van der Waals surface area contributed by atoms with Crippen LogP contribution in [0.25, 0.3) is 0 Å². The van der Waals surface area contributed by atoms with Crippen LogP contribution < -0.4 is 4.74 Å². The number of rotatable bonds is 6. The molecular formula is C17H25NO. The Balaban J connectivity index is 2.26. The molecular weight excluding hydrogens is 234 g/mol. The van der Waals surface area contributed by atoms with E-state index < -0.39 is 0 Å². The lowest BCUT2D eigenvalue weighted by molar-refractivity contribution is 0.326. The van der Waals surface area contributed by atoms with Crippen LogP contribution >= 0.6 is 0 Å². The van der Waals surface area contributed by atoms with Crippen molar-refractivity contribution < 1.29 is 4.74 Å². The monoisotopic (exact) mass is 259 g/mol. The van der Waals surface area contributed by atoms with E-state index in [9.17, 15) is 0 Å². The van der Waals surface area contributed by atoms with Gasteiger partial charge in [0.1, 0.15) is 5.75 Å². The Labute approximate surface area is 117 Å². The van der Waals surface area contributed by atoms with Gasteiger partial charge in [0.25, 0.3) is 0 Å². The number of hydrogen-bond donors (Lipinski definition) is 0. The Bertz CT molecular complexity index is 429. The third-order valence-electron chi connectivity index (χ3n) is 4.23. The first-order valence-corrected chi connectivity index (χ1v) is 7.22. The van der Waals surface area contributed by atoms with Crippen molar-refractivity contribution >= 4 is 0 Å². The van der Waals surface area contributed by atoms with Crippen LogP contribution in [-0.2, 0) is 5.41 Å². The minimum Gasteiger partial charge on any atom is -0.497 e. The van der Waals surface area contributed by atoms with E-state index in [-0.39, 0.29) is 0 Å². The molecule has 0 bridgehead atoms. The summed E-state index contributed by atoms with van der Waals surface area (Å²) < 4.78 is 5.38. The van der Waals surface area contributed by atoms with Crippen molar-refractivity contribution in [1.29, 1.82) is 0 Å². The van der Waals surface area contributed by atoms with E-state index in [1.807, 2.05) is 12.1 Å². The fraction of sp³-hybridized carbons (Fsp3) is 0.529. The van der Waals surface area contributed by atoms with Crippen molar-refractivity contribution in [2.75, 3.05) is 26.7 Å². The molecule has 1 aliphatic rings. The molecule has 1 aromatic carbocycles. The lowest BCUT2D eigenvalue weighted by atomic mass is 9.76. The summed E-state index contributed by atoms with van der Waals surface area (Å²) in [5.74, 6) is 0.968. The smallest absolute Gasteiger partial charge is 0.119 e. The number of ether oxygens (including phenoxy) is 1. The highest BCUT2D eigenvalue weighted by atomic mass is 16.5. The van der Waals surface area contributed by atoms with Crippen molar-refractivity contribution in [2.45, 2.75) is 31.6 Å². The lowest BCUT2D eigenvalue weighted by Crippen LogP contribution is -2.31. The Morgan fingerprint density at radius 3 is 3.00 bits per heavy atom. The lowest BCUT2D eigenvalue weighted by Gasteiger charge is -2.30. The second kappa shape index (κ2) is 6.25. The van der Waals surface area contributed by atoms with Crippen molar-refractivity contribution in [2.24, 2.45) is 0 Å². The summed E-state index contributed by atoms with van der Waals surface area (Å²) in [6.07, 6.45) is 5.71. The molecule has 2 rings (SSSR count). The predicted molar refractivity (Wildman–Crippen MR) is 80.8 cm³/mol. The van der Waals surface area contributed by atoms with E-state index >= 15 is 0 Å². The maximum absolute atomic E-state index is 5.38. The fourth-order valence-electron chi connectivity index (χ4n) is 3.31. The molecule has 1 saturated heterocycles. The van der Waals surface area contributed by atoms with Gasteiger partial charge in [-0.3, -0.25) is 4.90 Å². The van der Waals surface area contributed by atoms with Crippen LogP contribution in [0.4, 0.5) is 0 Å². The molecule has 0 unspecified atom stereocenters. The predicted octanol–water partition coefficient (Wildman–Crippen LogP) is 3.62. The average molecular weight is 259 g/mol. The quantitative estimate of drug-likeness (QED) is 0.723. The highest BCUT2D eigenvalue weighted by Crippen LogP contribution is 2.39. The van der Waals surface area contributed by atoms with Crippen LogP contribution in [0.1, 0.15) is 31.7 Å². The van der Waals surface area contributed by atoms with E-state index in [0.29, 0.717) is 5.41 Å². The summed E-state index contributed by atoms with van der Waals surface area (Å²) in [5, 5.41) is 0. The van der Waals surface area contributed by atoms with Crippen LogP contribution in [0.3, 0.4) is 0 Å². The van der Waals surface area contributed by atoms with Crippen LogP contribution in [0.15, 0.2) is 36.9 Å². The van der Waals surface area contributed by atoms with E-state index in [2.05, 4.69) is 36.6 Å². The standard InChI is InChI=1S/C17H25NO/c1-4-9-17(10-12-18(14-17)11-5-2)15-7-6-8-16(13-15)19-3/h5-8,13H,2,4,9-12,14H2,1,3H3/t17-/m0/s1. The molecule has 1 fully saturated rings. The first kappa shape index (κ1) is 14.1. The summed E-state index contributed by atoms with van der Waals surface area (Å²) in [6.45, 7) is 9.44. The first-order chi connectivity index (χ1) is 9.24. The van der Waals surface area contributed by atoms with E-state index in [1.54, 1.807) is 7.11 Å². The Morgan fingerprint density at radius 1 is 1.47 bits per heavy atom. The maximum Gasteiger partial charge on any atom is 0.119 e. The third-order valence-corrected chi connectivity index (χ3v) is 4.23. The molecule has 1 aliphatic heterocycles. The number of nitrogens with zero attached hydrogens (tertiary/aromatic N) is 1. The zero-order valence-electron chi connectivity index (χ0n) is 12.2. The maximum atomic E-state index is 5.38. The first-order valence-electron chi connectivity index (χ1n) is 7.22. The number of hydrogen-bond acceptors (Lipinski definition) is 2. The van der Waals surface area contributed by atoms with E-state index in [1.165, 1.54) is 31.4 Å². The minimum atomic E-state index is 0.298. The van der Waals surface area contributed by atoms with Gasteiger partial charge in [-0.25, -0.2) is 0 Å². The summed E-state index contributed by atoms with van der Waals surface area (Å²) in [5.41, 5.74) is 1.73. The van der Waals surface area contributed by atoms with E-state index in [0.717, 1.165) is 18.8 Å². The van der Waals surface area contributed by atoms with Gasteiger partial charge in [0.15, 0.2) is 0 Å². The molecule has 0 aromatic heterocycles. The van der Waals surface area contributed by atoms with Gasteiger partial charge < -0.3 is 4.74 Å². The molecule has 1 aromatic rings. The molecule has 1 atom stereocenters. The van der Waals surface area contributed by atoms with Crippen molar-refractivity contribution in [3.05, 3.63) is 42.5 Å². The molecule has 0 aliphatic carbocycles. The molecule has 0 radical (unpaired) electrons. The summed E-state index contributed by atoms with van der Waals surface area (Å²) in [6, 6.07) is 8.62. The topological polar surface area (TPSA) is 12.5 Å². The van der Waals surface area contributed by atoms with Gasteiger partial charge in [0.05, 0.1) is 7.11 Å². The molecule has 104 valence electrons. The van der Waals surface area contributed by atoms with Crippen LogP contribution in [-0.4, -0.2) is 31.6 Å². The van der Waals surface area contributed by atoms with Crippen molar-refractivity contribution in [3.8, 4) is 5.75 Å². The molecule has 0 spiro atoms.